The molecule has 0 aliphatic carbocycles. The van der Waals surface area contributed by atoms with E-state index in [-0.39, 0.29) is 0 Å². The lowest BCUT2D eigenvalue weighted by molar-refractivity contribution is 0.201. The van der Waals surface area contributed by atoms with Crippen molar-refractivity contribution >= 4 is 22.4 Å². The first-order chi connectivity index (χ1) is 11.2. The van der Waals surface area contributed by atoms with Crippen molar-refractivity contribution < 1.29 is 9.53 Å². The summed E-state index contributed by atoms with van der Waals surface area (Å²) in [7, 11) is 0. The molecule has 0 radical (unpaired) electrons. The molecule has 0 saturated heterocycles. The van der Waals surface area contributed by atoms with Gasteiger partial charge in [-0.25, -0.2) is 4.79 Å². The summed E-state index contributed by atoms with van der Waals surface area (Å²) in [6.07, 6.45) is -0.487. The average molecular weight is 324 g/mol. The van der Waals surface area contributed by atoms with Gasteiger partial charge in [0.2, 0.25) is 0 Å². The zero-order valence-corrected chi connectivity index (χ0v) is 13.2. The van der Waals surface area contributed by atoms with E-state index in [4.69, 9.17) is 10.5 Å². The lowest BCUT2D eigenvalue weighted by atomic mass is 10.0. The van der Waals surface area contributed by atoms with E-state index in [1.807, 2.05) is 42.5 Å². The molecule has 0 fully saturated rings. The number of amides is 1. The summed E-state index contributed by atoms with van der Waals surface area (Å²) < 4.78 is 5.14. The van der Waals surface area contributed by atoms with Crippen LogP contribution in [0.2, 0.25) is 0 Å². The van der Waals surface area contributed by atoms with Crippen molar-refractivity contribution in [3.05, 3.63) is 72.3 Å². The van der Waals surface area contributed by atoms with E-state index < -0.39 is 6.09 Å². The van der Waals surface area contributed by atoms with Crippen molar-refractivity contribution in [1.29, 1.82) is 0 Å². The number of nitrogens with one attached hydrogen (secondary N) is 1. The summed E-state index contributed by atoms with van der Waals surface area (Å²) in [4.78, 5) is 11.7. The van der Waals surface area contributed by atoms with Crippen LogP contribution in [0.25, 0.3) is 11.1 Å². The first kappa shape index (κ1) is 15.1. The van der Waals surface area contributed by atoms with Crippen molar-refractivity contribution in [2.45, 2.75) is 6.54 Å². The third-order valence-electron chi connectivity index (χ3n) is 3.29. The van der Waals surface area contributed by atoms with Crippen LogP contribution in [0, 0.1) is 0 Å². The number of rotatable bonds is 4. The van der Waals surface area contributed by atoms with Gasteiger partial charge in [0.25, 0.3) is 0 Å². The van der Waals surface area contributed by atoms with Crippen LogP contribution in [0.3, 0.4) is 0 Å². The maximum atomic E-state index is 11.7. The van der Waals surface area contributed by atoms with Crippen LogP contribution < -0.4 is 15.8 Å². The zero-order chi connectivity index (χ0) is 16.1. The summed E-state index contributed by atoms with van der Waals surface area (Å²) in [6.45, 7) is 0.411. The molecule has 2 aromatic carbocycles. The number of hydrogen-bond acceptors (Lipinski definition) is 4. The van der Waals surface area contributed by atoms with Gasteiger partial charge in [0.15, 0.2) is 5.06 Å². The monoisotopic (exact) mass is 324 g/mol. The second-order valence-electron chi connectivity index (χ2n) is 4.96. The molecule has 0 aliphatic heterocycles. The zero-order valence-electron chi connectivity index (χ0n) is 12.4. The second-order valence-corrected chi connectivity index (χ2v) is 6.04. The predicted octanol–water partition coefficient (Wildman–Crippen LogP) is 4.29. The Morgan fingerprint density at radius 3 is 2.30 bits per heavy atom. The van der Waals surface area contributed by atoms with Gasteiger partial charge in [-0.3, -0.25) is 0 Å². The molecule has 0 saturated carbocycles. The van der Waals surface area contributed by atoms with E-state index in [9.17, 15) is 4.79 Å². The molecule has 4 nitrogen and oxygen atoms in total. The molecule has 0 spiro atoms. The minimum Gasteiger partial charge on any atom is -0.399 e. The fourth-order valence-electron chi connectivity index (χ4n) is 2.14. The van der Waals surface area contributed by atoms with E-state index in [0.717, 1.165) is 11.1 Å². The van der Waals surface area contributed by atoms with Crippen molar-refractivity contribution in [3.63, 3.8) is 0 Å². The van der Waals surface area contributed by atoms with E-state index >= 15 is 0 Å². The van der Waals surface area contributed by atoms with E-state index in [2.05, 4.69) is 17.4 Å². The Labute approximate surface area is 138 Å². The van der Waals surface area contributed by atoms with Gasteiger partial charge >= 0.3 is 6.09 Å². The SMILES string of the molecule is Nc1ccc(OC(=O)NCc2ccc(-c3ccccc3)cc2)s1. The van der Waals surface area contributed by atoms with E-state index in [0.29, 0.717) is 16.6 Å². The molecule has 5 heteroatoms. The van der Waals surface area contributed by atoms with Crippen LogP contribution in [0.15, 0.2) is 66.7 Å². The number of nitrogen functional groups attached to an aromatic ring is 1. The number of carbonyl (C=O) groups is 1. The predicted molar refractivity (Wildman–Crippen MR) is 93.5 cm³/mol. The second kappa shape index (κ2) is 6.98. The van der Waals surface area contributed by atoms with Crippen LogP contribution >= 0.6 is 11.3 Å². The molecule has 23 heavy (non-hydrogen) atoms. The summed E-state index contributed by atoms with van der Waals surface area (Å²) in [5.74, 6) is 0. The number of ether oxygens (including phenoxy) is 1. The number of nitrogens with two attached hydrogens (primary N) is 1. The summed E-state index contributed by atoms with van der Waals surface area (Å²) >= 11 is 1.23. The standard InChI is InChI=1S/C18H16N2O2S/c19-16-10-11-17(23-16)22-18(21)20-12-13-6-8-15(9-7-13)14-4-2-1-3-5-14/h1-11H,12,19H2,(H,20,21). The third kappa shape index (κ3) is 4.11. The average Bonchev–Trinajstić information content (AvgIpc) is 2.99. The first-order valence-corrected chi connectivity index (χ1v) is 7.98. The van der Waals surface area contributed by atoms with Gasteiger partial charge in [-0.15, -0.1) is 0 Å². The Morgan fingerprint density at radius 2 is 1.65 bits per heavy atom. The van der Waals surface area contributed by atoms with Gasteiger partial charge in [0, 0.05) is 6.54 Å². The Hall–Kier alpha value is -2.79. The van der Waals surface area contributed by atoms with Gasteiger partial charge in [-0.05, 0) is 28.8 Å². The highest BCUT2D eigenvalue weighted by Crippen LogP contribution is 2.26. The summed E-state index contributed by atoms with van der Waals surface area (Å²) in [6, 6.07) is 21.6. The molecule has 0 unspecified atom stereocenters. The largest absolute Gasteiger partial charge is 0.413 e. The first-order valence-electron chi connectivity index (χ1n) is 7.16. The molecule has 1 heterocycles. The molecule has 3 rings (SSSR count). The Kier molecular flexibility index (Phi) is 4.59. The smallest absolute Gasteiger partial charge is 0.399 e. The van der Waals surface area contributed by atoms with Crippen molar-refractivity contribution in [3.8, 4) is 16.2 Å². The minimum absolute atomic E-state index is 0.411. The van der Waals surface area contributed by atoms with Crippen molar-refractivity contribution in [2.24, 2.45) is 0 Å². The van der Waals surface area contributed by atoms with E-state index in [1.165, 1.54) is 16.9 Å². The van der Waals surface area contributed by atoms with Gasteiger partial charge in [0.1, 0.15) is 0 Å². The normalized spacial score (nSPS) is 10.3. The number of anilines is 1. The highest BCUT2D eigenvalue weighted by molar-refractivity contribution is 7.17. The van der Waals surface area contributed by atoms with Gasteiger partial charge in [0.05, 0.1) is 5.00 Å². The molecule has 116 valence electrons. The lowest BCUT2D eigenvalue weighted by Gasteiger charge is -2.06. The summed E-state index contributed by atoms with van der Waals surface area (Å²) in [5, 5.41) is 3.82. The lowest BCUT2D eigenvalue weighted by Crippen LogP contribution is -2.25. The molecule has 0 bridgehead atoms. The molecule has 0 aliphatic rings. The number of thiophene rings is 1. The number of hydrogen-bond donors (Lipinski definition) is 2. The maximum Gasteiger partial charge on any atom is 0.413 e. The molecular formula is C18H16N2O2S. The Morgan fingerprint density at radius 1 is 0.957 bits per heavy atom. The fraction of sp³-hybridized carbons (Fsp3) is 0.0556. The van der Waals surface area contributed by atoms with Crippen LogP contribution in [-0.2, 0) is 6.54 Å². The molecule has 0 atom stereocenters. The number of carbonyl (C=O) groups excluding carboxylic acids is 1. The van der Waals surface area contributed by atoms with Gasteiger partial charge in [-0.2, -0.15) is 0 Å². The fourth-order valence-corrected chi connectivity index (χ4v) is 2.76. The van der Waals surface area contributed by atoms with Crippen LogP contribution in [0.4, 0.5) is 9.80 Å². The highest BCUT2D eigenvalue weighted by atomic mass is 32.1. The topological polar surface area (TPSA) is 64.3 Å². The van der Waals surface area contributed by atoms with Crippen LogP contribution in [-0.4, -0.2) is 6.09 Å². The summed E-state index contributed by atoms with van der Waals surface area (Å²) in [5.41, 5.74) is 8.91. The molecule has 1 aromatic heterocycles. The quantitative estimate of drug-likeness (QED) is 0.752. The van der Waals surface area contributed by atoms with E-state index in [1.54, 1.807) is 12.1 Å². The van der Waals surface area contributed by atoms with Crippen LogP contribution in [0.1, 0.15) is 5.56 Å². The van der Waals surface area contributed by atoms with Crippen molar-refractivity contribution in [2.75, 3.05) is 5.73 Å². The molecule has 1 amide bonds. The highest BCUT2D eigenvalue weighted by Gasteiger charge is 2.06. The molecule has 3 N–H and O–H groups in total. The third-order valence-corrected chi connectivity index (χ3v) is 4.09. The Balaban J connectivity index is 1.55. The van der Waals surface area contributed by atoms with Gasteiger partial charge in [-0.1, -0.05) is 65.9 Å². The van der Waals surface area contributed by atoms with Crippen LogP contribution in [0.5, 0.6) is 5.06 Å². The molecular weight excluding hydrogens is 308 g/mol. The van der Waals surface area contributed by atoms with Crippen molar-refractivity contribution in [1.82, 2.24) is 5.32 Å². The Bertz CT molecular complexity index is 782. The number of benzene rings is 2. The molecule has 3 aromatic rings. The van der Waals surface area contributed by atoms with Gasteiger partial charge < -0.3 is 15.8 Å². The maximum absolute atomic E-state index is 11.7. The minimum atomic E-state index is -0.487.